The summed E-state index contributed by atoms with van der Waals surface area (Å²) in [6, 6.07) is 28.3. The van der Waals surface area contributed by atoms with Crippen molar-refractivity contribution in [3.8, 4) is 0 Å². The molecule has 0 aliphatic heterocycles. The predicted molar refractivity (Wildman–Crippen MR) is 137 cm³/mol. The highest BCUT2D eigenvalue weighted by molar-refractivity contribution is 9.10. The number of benzene rings is 3. The number of thioether (sulfide) groups is 1. The zero-order chi connectivity index (χ0) is 22.3. The van der Waals surface area contributed by atoms with Crippen molar-refractivity contribution in [2.24, 2.45) is 0 Å². The predicted octanol–water partition coefficient (Wildman–Crippen LogP) is 7.24. The van der Waals surface area contributed by atoms with Crippen LogP contribution in [-0.4, -0.2) is 11.8 Å². The van der Waals surface area contributed by atoms with Crippen LogP contribution >= 0.6 is 39.0 Å². The molecule has 1 atom stereocenters. The Morgan fingerprint density at radius 1 is 0.812 bits per heavy atom. The number of halogens is 1. The molecule has 3 aromatic carbocycles. The lowest BCUT2D eigenvalue weighted by Gasteiger charge is -2.18. The minimum atomic E-state index is -0.455. The second kappa shape index (κ2) is 10.6. The van der Waals surface area contributed by atoms with E-state index in [0.29, 0.717) is 10.6 Å². The van der Waals surface area contributed by atoms with Crippen LogP contribution in [0.4, 0.5) is 11.4 Å². The molecule has 0 fully saturated rings. The lowest BCUT2D eigenvalue weighted by Crippen LogP contribution is -2.19. The molecule has 1 aromatic heterocycles. The average Bonchev–Trinajstić information content (AvgIpc) is 3.35. The normalized spacial score (nSPS) is 11.5. The van der Waals surface area contributed by atoms with E-state index in [1.54, 1.807) is 6.07 Å². The molecule has 0 bridgehead atoms. The van der Waals surface area contributed by atoms with Crippen LogP contribution in [-0.2, 0) is 4.79 Å². The van der Waals surface area contributed by atoms with Gasteiger partial charge >= 0.3 is 0 Å². The van der Waals surface area contributed by atoms with E-state index in [1.807, 2.05) is 90.3 Å². The van der Waals surface area contributed by atoms with Gasteiger partial charge in [-0.25, -0.2) is 0 Å². The first-order valence-electron chi connectivity index (χ1n) is 9.81. The van der Waals surface area contributed by atoms with Crippen molar-refractivity contribution in [3.05, 3.63) is 111 Å². The standard InChI is InChI=1S/C25H19BrN2O2S2/c26-18-11-13-19(14-12-18)27-25(30)23(17-6-2-1-3-7-17)32-21-9-4-8-20(16-21)28-24(29)22-10-5-15-31-22/h1-16,23H,(H,27,30)(H,28,29). The summed E-state index contributed by atoms with van der Waals surface area (Å²) in [6.45, 7) is 0. The van der Waals surface area contributed by atoms with E-state index in [-0.39, 0.29) is 11.8 Å². The molecule has 2 amide bonds. The number of thiophene rings is 1. The summed E-state index contributed by atoms with van der Waals surface area (Å²) < 4.78 is 0.950. The van der Waals surface area contributed by atoms with Gasteiger partial charge in [-0.1, -0.05) is 58.4 Å². The van der Waals surface area contributed by atoms with Crippen LogP contribution in [0.2, 0.25) is 0 Å². The van der Waals surface area contributed by atoms with Gasteiger partial charge in [-0.2, -0.15) is 0 Å². The fourth-order valence-electron chi connectivity index (χ4n) is 3.03. The van der Waals surface area contributed by atoms with Gasteiger partial charge in [0.1, 0.15) is 5.25 Å². The molecule has 32 heavy (non-hydrogen) atoms. The first-order valence-corrected chi connectivity index (χ1v) is 12.4. The second-order valence-electron chi connectivity index (χ2n) is 6.86. The van der Waals surface area contributed by atoms with Crippen LogP contribution in [0.25, 0.3) is 0 Å². The molecule has 0 aliphatic carbocycles. The average molecular weight is 523 g/mol. The van der Waals surface area contributed by atoms with Crippen LogP contribution in [0.3, 0.4) is 0 Å². The van der Waals surface area contributed by atoms with Gasteiger partial charge in [0.05, 0.1) is 4.88 Å². The molecule has 4 nitrogen and oxygen atoms in total. The Morgan fingerprint density at radius 3 is 2.31 bits per heavy atom. The molecule has 160 valence electrons. The van der Waals surface area contributed by atoms with E-state index in [0.717, 1.165) is 20.6 Å². The summed E-state index contributed by atoms with van der Waals surface area (Å²) in [5.74, 6) is -0.258. The summed E-state index contributed by atoms with van der Waals surface area (Å²) in [4.78, 5) is 27.1. The first kappa shape index (κ1) is 22.3. The molecule has 2 N–H and O–H groups in total. The first-order chi connectivity index (χ1) is 15.6. The van der Waals surface area contributed by atoms with Crippen LogP contribution in [0, 0.1) is 0 Å². The molecule has 4 aromatic rings. The monoisotopic (exact) mass is 522 g/mol. The molecule has 4 rings (SSSR count). The van der Waals surface area contributed by atoms with Crippen molar-refractivity contribution in [1.82, 2.24) is 0 Å². The maximum absolute atomic E-state index is 13.2. The maximum atomic E-state index is 13.2. The van der Waals surface area contributed by atoms with E-state index in [1.165, 1.54) is 23.1 Å². The zero-order valence-corrected chi connectivity index (χ0v) is 20.0. The van der Waals surface area contributed by atoms with Crippen LogP contribution in [0.15, 0.2) is 106 Å². The number of hydrogen-bond donors (Lipinski definition) is 2. The smallest absolute Gasteiger partial charge is 0.265 e. The quantitative estimate of drug-likeness (QED) is 0.251. The van der Waals surface area contributed by atoms with Crippen LogP contribution in [0.5, 0.6) is 0 Å². The Bertz CT molecular complexity index is 1200. The lowest BCUT2D eigenvalue weighted by molar-refractivity contribution is -0.115. The van der Waals surface area contributed by atoms with Gasteiger partial charge in [0.25, 0.3) is 5.91 Å². The maximum Gasteiger partial charge on any atom is 0.265 e. The highest BCUT2D eigenvalue weighted by Gasteiger charge is 2.22. The van der Waals surface area contributed by atoms with Crippen molar-refractivity contribution in [1.29, 1.82) is 0 Å². The summed E-state index contributed by atoms with van der Waals surface area (Å²) in [6.07, 6.45) is 0. The fraction of sp³-hybridized carbons (Fsp3) is 0.0400. The van der Waals surface area contributed by atoms with Gasteiger partial charge in [-0.05, 0) is 59.5 Å². The molecule has 0 aliphatic rings. The highest BCUT2D eigenvalue weighted by atomic mass is 79.9. The largest absolute Gasteiger partial charge is 0.325 e. The molecular formula is C25H19BrN2O2S2. The molecule has 7 heteroatoms. The third-order valence-electron chi connectivity index (χ3n) is 4.54. The van der Waals surface area contributed by atoms with Crippen molar-refractivity contribution in [3.63, 3.8) is 0 Å². The number of carbonyl (C=O) groups is 2. The van der Waals surface area contributed by atoms with Crippen molar-refractivity contribution >= 4 is 62.2 Å². The minimum absolute atomic E-state index is 0.114. The van der Waals surface area contributed by atoms with Gasteiger partial charge < -0.3 is 10.6 Å². The van der Waals surface area contributed by atoms with Crippen LogP contribution in [0.1, 0.15) is 20.5 Å². The summed E-state index contributed by atoms with van der Waals surface area (Å²) in [5.41, 5.74) is 2.32. The molecule has 0 spiro atoms. The van der Waals surface area contributed by atoms with Gasteiger partial charge in [-0.15, -0.1) is 23.1 Å². The van der Waals surface area contributed by atoms with E-state index >= 15 is 0 Å². The van der Waals surface area contributed by atoms with Gasteiger partial charge in [-0.3, -0.25) is 9.59 Å². The Kier molecular flexibility index (Phi) is 7.42. The zero-order valence-electron chi connectivity index (χ0n) is 16.8. The second-order valence-corrected chi connectivity index (χ2v) is 9.91. The Labute approximate surface area is 203 Å². The summed E-state index contributed by atoms with van der Waals surface area (Å²) >= 11 is 6.25. The SMILES string of the molecule is O=C(Nc1cccc(SC(C(=O)Nc2ccc(Br)cc2)c2ccccc2)c1)c1cccs1. The highest BCUT2D eigenvalue weighted by Crippen LogP contribution is 2.37. The minimum Gasteiger partial charge on any atom is -0.325 e. The van der Waals surface area contributed by atoms with Gasteiger partial charge in [0, 0.05) is 20.7 Å². The Balaban J connectivity index is 1.54. The number of hydrogen-bond acceptors (Lipinski definition) is 4. The van der Waals surface area contributed by atoms with Crippen molar-refractivity contribution in [2.45, 2.75) is 10.1 Å². The molecule has 1 unspecified atom stereocenters. The Morgan fingerprint density at radius 2 is 1.59 bits per heavy atom. The van der Waals surface area contributed by atoms with Crippen molar-refractivity contribution < 1.29 is 9.59 Å². The number of carbonyl (C=O) groups excluding carboxylic acids is 2. The molecule has 0 saturated heterocycles. The Hall–Kier alpha value is -2.87. The number of nitrogens with one attached hydrogen (secondary N) is 2. The lowest BCUT2D eigenvalue weighted by atomic mass is 10.1. The molecular weight excluding hydrogens is 504 g/mol. The van der Waals surface area contributed by atoms with Crippen LogP contribution < -0.4 is 10.6 Å². The molecule has 0 saturated carbocycles. The number of anilines is 2. The summed E-state index contributed by atoms with van der Waals surface area (Å²) in [7, 11) is 0. The van der Waals surface area contributed by atoms with Gasteiger partial charge in [0.15, 0.2) is 0 Å². The van der Waals surface area contributed by atoms with E-state index in [2.05, 4.69) is 26.6 Å². The number of rotatable bonds is 7. The topological polar surface area (TPSA) is 58.2 Å². The van der Waals surface area contributed by atoms with Gasteiger partial charge in [0.2, 0.25) is 5.91 Å². The molecule has 0 radical (unpaired) electrons. The third kappa shape index (κ3) is 5.88. The fourth-order valence-corrected chi connectivity index (χ4v) is 4.99. The van der Waals surface area contributed by atoms with E-state index in [4.69, 9.17) is 0 Å². The van der Waals surface area contributed by atoms with E-state index in [9.17, 15) is 9.59 Å². The number of amides is 2. The van der Waals surface area contributed by atoms with Crippen molar-refractivity contribution in [2.75, 3.05) is 10.6 Å². The van der Waals surface area contributed by atoms with E-state index < -0.39 is 5.25 Å². The third-order valence-corrected chi connectivity index (χ3v) is 7.19. The summed E-state index contributed by atoms with van der Waals surface area (Å²) in [5, 5.41) is 7.34. The molecule has 1 heterocycles.